The molecule has 0 spiro atoms. The van der Waals surface area contributed by atoms with Crippen LogP contribution < -0.4 is 4.72 Å². The number of nitriles is 1. The number of hydrogen-bond donors (Lipinski definition) is 1. The first kappa shape index (κ1) is 15.5. The summed E-state index contributed by atoms with van der Waals surface area (Å²) in [7, 11) is -3.72. The summed E-state index contributed by atoms with van der Waals surface area (Å²) in [6.07, 6.45) is 0. The number of aryl methyl sites for hydroxylation is 2. The van der Waals surface area contributed by atoms with Crippen molar-refractivity contribution in [1.29, 1.82) is 5.26 Å². The van der Waals surface area contributed by atoms with Crippen LogP contribution in [0, 0.1) is 25.2 Å². The fourth-order valence-corrected chi connectivity index (χ4v) is 3.45. The van der Waals surface area contributed by atoms with Gasteiger partial charge in [-0.15, -0.1) is 0 Å². The lowest BCUT2D eigenvalue weighted by Gasteiger charge is -2.11. The van der Waals surface area contributed by atoms with Crippen LogP contribution in [0.1, 0.15) is 16.7 Å². The second-order valence-electron chi connectivity index (χ2n) is 4.66. The first-order valence-corrected chi connectivity index (χ1v) is 8.41. The van der Waals surface area contributed by atoms with Gasteiger partial charge < -0.3 is 0 Å². The second kappa shape index (κ2) is 5.88. The van der Waals surface area contributed by atoms with Crippen molar-refractivity contribution in [3.8, 4) is 6.07 Å². The zero-order chi connectivity index (χ0) is 15.6. The Hall–Kier alpha value is -1.84. The predicted molar refractivity (Wildman–Crippen MR) is 85.6 cm³/mol. The third-order valence-corrected chi connectivity index (χ3v) is 5.43. The second-order valence-corrected chi connectivity index (χ2v) is 7.17. The molecule has 2 aromatic carbocycles. The molecule has 0 fully saturated rings. The highest BCUT2D eigenvalue weighted by atomic mass is 79.9. The van der Waals surface area contributed by atoms with Crippen molar-refractivity contribution < 1.29 is 8.42 Å². The highest BCUT2D eigenvalue weighted by molar-refractivity contribution is 9.10. The van der Waals surface area contributed by atoms with Crippen molar-refractivity contribution in [3.63, 3.8) is 0 Å². The molecule has 0 saturated carbocycles. The molecule has 1 N–H and O–H groups in total. The number of rotatable bonds is 3. The van der Waals surface area contributed by atoms with Crippen LogP contribution in [0.5, 0.6) is 0 Å². The van der Waals surface area contributed by atoms with E-state index in [1.165, 1.54) is 6.07 Å². The highest BCUT2D eigenvalue weighted by Gasteiger charge is 2.17. The van der Waals surface area contributed by atoms with Gasteiger partial charge in [-0.25, -0.2) is 8.42 Å². The summed E-state index contributed by atoms with van der Waals surface area (Å²) in [5, 5.41) is 8.90. The Morgan fingerprint density at radius 1 is 1.10 bits per heavy atom. The molecule has 6 heteroatoms. The van der Waals surface area contributed by atoms with Gasteiger partial charge in [0, 0.05) is 10.2 Å². The lowest BCUT2D eigenvalue weighted by atomic mass is 10.2. The third kappa shape index (κ3) is 3.43. The SMILES string of the molecule is Cc1cc(NS(=O)(=O)c2cc(C#N)ccc2C)ccc1Br. The van der Waals surface area contributed by atoms with Gasteiger partial charge in [0.05, 0.1) is 16.5 Å². The average Bonchev–Trinajstić information content (AvgIpc) is 2.43. The Balaban J connectivity index is 2.43. The van der Waals surface area contributed by atoms with Gasteiger partial charge in [-0.1, -0.05) is 22.0 Å². The van der Waals surface area contributed by atoms with E-state index in [0.717, 1.165) is 10.0 Å². The largest absolute Gasteiger partial charge is 0.280 e. The summed E-state index contributed by atoms with van der Waals surface area (Å²) < 4.78 is 28.4. The van der Waals surface area contributed by atoms with Crippen molar-refractivity contribution >= 4 is 31.6 Å². The first-order valence-electron chi connectivity index (χ1n) is 6.13. The van der Waals surface area contributed by atoms with Gasteiger partial charge >= 0.3 is 0 Å². The molecule has 0 aliphatic rings. The van der Waals surface area contributed by atoms with E-state index in [-0.39, 0.29) is 4.90 Å². The Labute approximate surface area is 132 Å². The summed E-state index contributed by atoms with van der Waals surface area (Å²) in [6, 6.07) is 11.8. The molecule has 0 saturated heterocycles. The van der Waals surface area contributed by atoms with E-state index in [9.17, 15) is 8.42 Å². The van der Waals surface area contributed by atoms with E-state index >= 15 is 0 Å². The summed E-state index contributed by atoms with van der Waals surface area (Å²) >= 11 is 3.37. The molecule has 0 atom stereocenters. The topological polar surface area (TPSA) is 70.0 Å². The van der Waals surface area contributed by atoms with Crippen LogP contribution in [0.15, 0.2) is 45.8 Å². The van der Waals surface area contributed by atoms with Crippen LogP contribution in [0.25, 0.3) is 0 Å². The number of benzene rings is 2. The van der Waals surface area contributed by atoms with Gasteiger partial charge in [-0.05, 0) is 55.3 Å². The van der Waals surface area contributed by atoms with Crippen LogP contribution in [0.3, 0.4) is 0 Å². The summed E-state index contributed by atoms with van der Waals surface area (Å²) in [4.78, 5) is 0.113. The Morgan fingerprint density at radius 2 is 1.81 bits per heavy atom. The van der Waals surface area contributed by atoms with E-state index in [1.807, 2.05) is 13.0 Å². The molecule has 0 heterocycles. The fourth-order valence-electron chi connectivity index (χ4n) is 1.88. The Bertz CT molecular complexity index is 839. The molecule has 0 bridgehead atoms. The van der Waals surface area contributed by atoms with Gasteiger partial charge in [0.2, 0.25) is 0 Å². The lowest BCUT2D eigenvalue weighted by molar-refractivity contribution is 0.600. The molecule has 0 aromatic heterocycles. The van der Waals surface area contributed by atoms with Crippen molar-refractivity contribution in [2.45, 2.75) is 18.7 Å². The number of nitrogens with zero attached hydrogens (tertiary/aromatic N) is 1. The van der Waals surface area contributed by atoms with E-state index in [2.05, 4.69) is 20.7 Å². The summed E-state index contributed by atoms with van der Waals surface area (Å²) in [6.45, 7) is 3.58. The van der Waals surface area contributed by atoms with Crippen molar-refractivity contribution in [3.05, 3.63) is 57.6 Å². The Kier molecular flexibility index (Phi) is 4.35. The highest BCUT2D eigenvalue weighted by Crippen LogP contribution is 2.24. The minimum atomic E-state index is -3.72. The van der Waals surface area contributed by atoms with Crippen molar-refractivity contribution in [2.24, 2.45) is 0 Å². The lowest BCUT2D eigenvalue weighted by Crippen LogP contribution is -2.14. The van der Waals surface area contributed by atoms with Gasteiger partial charge in [0.1, 0.15) is 0 Å². The van der Waals surface area contributed by atoms with Crippen LogP contribution >= 0.6 is 15.9 Å². The number of halogens is 1. The van der Waals surface area contributed by atoms with E-state index in [1.54, 1.807) is 37.3 Å². The first-order chi connectivity index (χ1) is 9.83. The van der Waals surface area contributed by atoms with E-state index in [0.29, 0.717) is 16.8 Å². The fraction of sp³-hybridized carbons (Fsp3) is 0.133. The minimum absolute atomic E-state index is 0.113. The number of hydrogen-bond acceptors (Lipinski definition) is 3. The molecule has 4 nitrogen and oxygen atoms in total. The summed E-state index contributed by atoms with van der Waals surface area (Å²) in [5.41, 5.74) is 2.32. The Morgan fingerprint density at radius 3 is 2.43 bits per heavy atom. The van der Waals surface area contributed by atoms with Crippen LogP contribution in [-0.4, -0.2) is 8.42 Å². The number of sulfonamides is 1. The molecule has 2 rings (SSSR count). The zero-order valence-corrected chi connectivity index (χ0v) is 13.9. The van der Waals surface area contributed by atoms with Crippen LogP contribution in [-0.2, 0) is 10.0 Å². The molecular weight excluding hydrogens is 352 g/mol. The molecule has 0 radical (unpaired) electrons. The standard InChI is InChI=1S/C15H13BrN2O2S/c1-10-3-4-12(9-17)8-15(10)21(19,20)18-13-5-6-14(16)11(2)7-13/h3-8,18H,1-2H3. The molecular formula is C15H13BrN2O2S. The average molecular weight is 365 g/mol. The number of nitrogens with one attached hydrogen (secondary N) is 1. The molecule has 0 aliphatic carbocycles. The normalized spacial score (nSPS) is 11.0. The van der Waals surface area contributed by atoms with Crippen LogP contribution in [0.2, 0.25) is 0 Å². The van der Waals surface area contributed by atoms with Gasteiger partial charge in [-0.2, -0.15) is 5.26 Å². The van der Waals surface area contributed by atoms with Crippen molar-refractivity contribution in [2.75, 3.05) is 4.72 Å². The maximum absolute atomic E-state index is 12.5. The van der Waals surface area contributed by atoms with Crippen molar-refractivity contribution in [1.82, 2.24) is 0 Å². The van der Waals surface area contributed by atoms with Gasteiger partial charge in [0.25, 0.3) is 10.0 Å². The third-order valence-electron chi connectivity index (χ3n) is 3.02. The molecule has 108 valence electrons. The molecule has 0 aliphatic heterocycles. The molecule has 0 amide bonds. The van der Waals surface area contributed by atoms with E-state index in [4.69, 9.17) is 5.26 Å². The molecule has 0 unspecified atom stereocenters. The summed E-state index contributed by atoms with van der Waals surface area (Å²) in [5.74, 6) is 0. The number of anilines is 1. The smallest absolute Gasteiger partial charge is 0.262 e. The van der Waals surface area contributed by atoms with Gasteiger partial charge in [-0.3, -0.25) is 4.72 Å². The quantitative estimate of drug-likeness (QED) is 0.901. The maximum Gasteiger partial charge on any atom is 0.262 e. The van der Waals surface area contributed by atoms with Gasteiger partial charge in [0.15, 0.2) is 0 Å². The minimum Gasteiger partial charge on any atom is -0.280 e. The van der Waals surface area contributed by atoms with Crippen LogP contribution in [0.4, 0.5) is 5.69 Å². The zero-order valence-electron chi connectivity index (χ0n) is 11.5. The molecule has 21 heavy (non-hydrogen) atoms. The maximum atomic E-state index is 12.5. The molecule has 2 aromatic rings. The van der Waals surface area contributed by atoms with E-state index < -0.39 is 10.0 Å². The predicted octanol–water partition coefficient (Wildman–Crippen LogP) is 3.74. The monoisotopic (exact) mass is 364 g/mol.